The predicted octanol–water partition coefficient (Wildman–Crippen LogP) is 4.89. The van der Waals surface area contributed by atoms with E-state index < -0.39 is 0 Å². The Morgan fingerprint density at radius 2 is 2.12 bits per heavy atom. The fourth-order valence-corrected chi connectivity index (χ4v) is 2.80. The Morgan fingerprint density at radius 1 is 1.27 bits per heavy atom. The minimum absolute atomic E-state index is 0.429. The van der Waals surface area contributed by atoms with Crippen molar-refractivity contribution < 1.29 is 4.74 Å². The van der Waals surface area contributed by atoms with Crippen LogP contribution in [0.2, 0.25) is 0 Å². The molecule has 0 unspecified atom stereocenters. The van der Waals surface area contributed by atoms with Crippen molar-refractivity contribution in [3.63, 3.8) is 0 Å². The minimum Gasteiger partial charge on any atom is -0.472 e. The summed E-state index contributed by atoms with van der Waals surface area (Å²) in [5.41, 5.74) is 3.65. The lowest BCUT2D eigenvalue weighted by Gasteiger charge is -2.11. The van der Waals surface area contributed by atoms with Gasteiger partial charge in [0, 0.05) is 25.2 Å². The van der Waals surface area contributed by atoms with Crippen molar-refractivity contribution in [2.75, 3.05) is 13.6 Å². The van der Waals surface area contributed by atoms with E-state index in [0.29, 0.717) is 12.5 Å². The molecule has 3 aromatic rings. The normalized spacial score (nSPS) is 11.2. The number of fused-ring (bicyclic) bond motifs is 1. The number of pyridine rings is 2. The summed E-state index contributed by atoms with van der Waals surface area (Å²) in [6, 6.07) is 12.0. The Bertz CT molecular complexity index is 942. The Labute approximate surface area is 161 Å². The van der Waals surface area contributed by atoms with Crippen LogP contribution >= 0.6 is 15.9 Å². The number of halogens is 1. The third-order valence-electron chi connectivity index (χ3n) is 4.05. The molecule has 0 aliphatic carbocycles. The molecule has 2 heterocycles. The summed E-state index contributed by atoms with van der Waals surface area (Å²) in [5, 5.41) is 1.12. The fraction of sp³-hybridized carbons (Fsp3) is 0.250. The molecule has 0 N–H and O–H groups in total. The second kappa shape index (κ2) is 8.27. The smallest absolute Gasteiger partial charge is 0.228 e. The molecule has 0 aliphatic heterocycles. The van der Waals surface area contributed by atoms with Crippen LogP contribution in [0.15, 0.2) is 52.1 Å². The zero-order chi connectivity index (χ0) is 18.5. The molecule has 0 saturated carbocycles. The summed E-state index contributed by atoms with van der Waals surface area (Å²) in [4.78, 5) is 15.4. The molecule has 0 spiro atoms. The summed E-state index contributed by atoms with van der Waals surface area (Å²) < 4.78 is 6.69. The molecular formula is C20H21BrN4O. The third kappa shape index (κ3) is 4.38. The highest BCUT2D eigenvalue weighted by atomic mass is 79.9. The summed E-state index contributed by atoms with van der Waals surface area (Å²) in [6.45, 7) is 5.34. The van der Waals surface area contributed by atoms with Crippen molar-refractivity contribution in [3.8, 4) is 5.88 Å². The molecule has 5 nitrogen and oxygen atoms in total. The van der Waals surface area contributed by atoms with Crippen LogP contribution in [0.4, 0.5) is 5.69 Å². The number of aryl methyl sites for hydroxylation is 1. The minimum atomic E-state index is 0.429. The molecule has 26 heavy (non-hydrogen) atoms. The molecule has 0 amide bonds. The van der Waals surface area contributed by atoms with Gasteiger partial charge in [0.15, 0.2) is 0 Å². The van der Waals surface area contributed by atoms with E-state index in [1.165, 1.54) is 0 Å². The van der Waals surface area contributed by atoms with Gasteiger partial charge in [-0.15, -0.1) is 0 Å². The molecule has 1 aromatic carbocycles. The zero-order valence-corrected chi connectivity index (χ0v) is 16.7. The largest absolute Gasteiger partial charge is 0.472 e. The average molecular weight is 413 g/mol. The summed E-state index contributed by atoms with van der Waals surface area (Å²) in [6.07, 6.45) is 3.60. The highest BCUT2D eigenvalue weighted by molar-refractivity contribution is 9.10. The summed E-state index contributed by atoms with van der Waals surface area (Å²) in [7, 11) is 1.98. The lowest BCUT2D eigenvalue weighted by molar-refractivity contribution is 0.291. The quantitative estimate of drug-likeness (QED) is 0.427. The number of aromatic nitrogens is 2. The van der Waals surface area contributed by atoms with E-state index >= 15 is 0 Å². The second-order valence-electron chi connectivity index (χ2n) is 6.02. The van der Waals surface area contributed by atoms with Gasteiger partial charge in [0.25, 0.3) is 0 Å². The highest BCUT2D eigenvalue weighted by Gasteiger charge is 2.09. The van der Waals surface area contributed by atoms with Crippen LogP contribution in [0, 0.1) is 6.92 Å². The maximum atomic E-state index is 5.91. The summed E-state index contributed by atoms with van der Waals surface area (Å²) in [5.74, 6) is 0.561. The van der Waals surface area contributed by atoms with E-state index in [4.69, 9.17) is 4.74 Å². The van der Waals surface area contributed by atoms with Gasteiger partial charge in [0.2, 0.25) is 5.88 Å². The second-order valence-corrected chi connectivity index (χ2v) is 6.87. The van der Waals surface area contributed by atoms with E-state index in [2.05, 4.69) is 43.9 Å². The maximum absolute atomic E-state index is 5.91. The van der Waals surface area contributed by atoms with Gasteiger partial charge in [-0.3, -0.25) is 4.98 Å². The molecule has 6 heteroatoms. The van der Waals surface area contributed by atoms with Gasteiger partial charge < -0.3 is 9.64 Å². The topological polar surface area (TPSA) is 50.6 Å². The molecule has 2 aromatic heterocycles. The lowest BCUT2D eigenvalue weighted by atomic mass is 10.1. The molecule has 0 atom stereocenters. The number of benzene rings is 1. The SMILES string of the molecule is CCN(C)/C=N/c1cc(Br)c(OCc2ccc3cccnc3c2)nc1C. The van der Waals surface area contributed by atoms with Crippen molar-refractivity contribution in [1.82, 2.24) is 14.9 Å². The van der Waals surface area contributed by atoms with Crippen LogP contribution in [0.3, 0.4) is 0 Å². The van der Waals surface area contributed by atoms with Crippen LogP contribution in [0.25, 0.3) is 10.9 Å². The van der Waals surface area contributed by atoms with Gasteiger partial charge in [-0.05, 0) is 53.5 Å². The van der Waals surface area contributed by atoms with Gasteiger partial charge >= 0.3 is 0 Å². The Hall–Kier alpha value is -2.47. The van der Waals surface area contributed by atoms with E-state index in [-0.39, 0.29) is 0 Å². The van der Waals surface area contributed by atoms with Gasteiger partial charge in [0.05, 0.1) is 27.7 Å². The first kappa shape index (κ1) is 18.3. The molecule has 0 bridgehead atoms. The van der Waals surface area contributed by atoms with Gasteiger partial charge in [0.1, 0.15) is 6.61 Å². The van der Waals surface area contributed by atoms with Crippen LogP contribution in [0.5, 0.6) is 5.88 Å². The van der Waals surface area contributed by atoms with Crippen molar-refractivity contribution in [3.05, 3.63) is 58.3 Å². The third-order valence-corrected chi connectivity index (χ3v) is 4.61. The predicted molar refractivity (Wildman–Crippen MR) is 109 cm³/mol. The molecular weight excluding hydrogens is 392 g/mol. The Kier molecular flexibility index (Phi) is 5.83. The van der Waals surface area contributed by atoms with Crippen molar-refractivity contribution in [2.45, 2.75) is 20.5 Å². The molecule has 134 valence electrons. The average Bonchev–Trinajstić information content (AvgIpc) is 2.66. The van der Waals surface area contributed by atoms with Gasteiger partial charge in [-0.1, -0.05) is 18.2 Å². The molecule has 3 rings (SSSR count). The standard InChI is InChI=1S/C20H21BrN4O/c1-4-25(3)13-23-18-11-17(21)20(24-14(18)2)26-12-15-7-8-16-6-5-9-22-19(16)10-15/h5-11,13H,4,12H2,1-3H3/b23-13+. The first-order valence-electron chi connectivity index (χ1n) is 8.45. The first-order valence-corrected chi connectivity index (χ1v) is 9.24. The highest BCUT2D eigenvalue weighted by Crippen LogP contribution is 2.30. The lowest BCUT2D eigenvalue weighted by Crippen LogP contribution is -2.14. The molecule has 0 radical (unpaired) electrons. The van der Waals surface area contributed by atoms with Crippen molar-refractivity contribution in [2.24, 2.45) is 4.99 Å². The number of rotatable bonds is 6. The van der Waals surface area contributed by atoms with E-state index in [1.54, 1.807) is 12.5 Å². The number of hydrogen-bond donors (Lipinski definition) is 0. The maximum Gasteiger partial charge on any atom is 0.228 e. The van der Waals surface area contributed by atoms with Gasteiger partial charge in [-0.25, -0.2) is 9.98 Å². The fourth-order valence-electron chi connectivity index (χ4n) is 2.38. The Morgan fingerprint density at radius 3 is 2.92 bits per heavy atom. The molecule has 0 saturated heterocycles. The number of ether oxygens (including phenoxy) is 1. The van der Waals surface area contributed by atoms with Crippen LogP contribution in [-0.4, -0.2) is 34.8 Å². The van der Waals surface area contributed by atoms with Gasteiger partial charge in [-0.2, -0.15) is 0 Å². The van der Waals surface area contributed by atoms with Crippen molar-refractivity contribution >= 4 is 38.9 Å². The number of nitrogens with zero attached hydrogens (tertiary/aromatic N) is 4. The van der Waals surface area contributed by atoms with Crippen LogP contribution in [-0.2, 0) is 6.61 Å². The Balaban J connectivity index is 1.74. The van der Waals surface area contributed by atoms with Crippen LogP contribution < -0.4 is 4.74 Å². The number of hydrogen-bond acceptors (Lipinski definition) is 4. The van der Waals surface area contributed by atoms with E-state index in [1.807, 2.05) is 49.2 Å². The molecule has 0 fully saturated rings. The monoisotopic (exact) mass is 412 g/mol. The van der Waals surface area contributed by atoms with Crippen molar-refractivity contribution in [1.29, 1.82) is 0 Å². The zero-order valence-electron chi connectivity index (χ0n) is 15.1. The first-order chi connectivity index (χ1) is 12.6. The molecule has 0 aliphatic rings. The van der Waals surface area contributed by atoms with Crippen LogP contribution in [0.1, 0.15) is 18.2 Å². The summed E-state index contributed by atoms with van der Waals surface area (Å²) >= 11 is 3.53. The van der Waals surface area contributed by atoms with E-state index in [0.717, 1.165) is 38.9 Å². The number of aliphatic imine (C=N–C) groups is 1. The van der Waals surface area contributed by atoms with E-state index in [9.17, 15) is 0 Å².